The average Bonchev–Trinajstić information content (AvgIpc) is 3.08. The number of H-pyrrole nitrogens is 1. The van der Waals surface area contributed by atoms with Crippen molar-refractivity contribution in [2.75, 3.05) is 76.0 Å². The summed E-state index contributed by atoms with van der Waals surface area (Å²) >= 11 is 3.55. The molecule has 2 fully saturated rings. The second-order valence-corrected chi connectivity index (χ2v) is 13.6. The standard InChI is InChI=1S/C35H38N4O4S2/c40-34-21-28(39-13-17-42-18-14-39)20-30(37-34)29-7-4-8-32-35(29)45-31-10-9-26(19-33(31)44-32)36-27(22-38-11-15-41-16-12-38)24-43-23-25-5-2-1-3-6-25/h1-10,19-21,27,36H,11-18,22-24H2,(H,37,40). The smallest absolute Gasteiger partial charge is 0.250 e. The minimum absolute atomic E-state index is 0.0874. The first-order chi connectivity index (χ1) is 22.2. The van der Waals surface area contributed by atoms with Gasteiger partial charge in [0, 0.05) is 75.3 Å². The van der Waals surface area contributed by atoms with Gasteiger partial charge in [0.25, 0.3) is 0 Å². The lowest BCUT2D eigenvalue weighted by atomic mass is 10.1. The Kier molecular flexibility index (Phi) is 9.76. The Balaban J connectivity index is 1.08. The van der Waals surface area contributed by atoms with E-state index in [0.717, 1.165) is 68.6 Å². The number of nitrogens with zero attached hydrogens (tertiary/aromatic N) is 2. The molecule has 10 heteroatoms. The number of benzene rings is 3. The van der Waals surface area contributed by atoms with Crippen LogP contribution in [0, 0.1) is 0 Å². The lowest BCUT2D eigenvalue weighted by Crippen LogP contribution is -2.44. The highest BCUT2D eigenvalue weighted by molar-refractivity contribution is 8.05. The summed E-state index contributed by atoms with van der Waals surface area (Å²) in [5.74, 6) is 0. The summed E-state index contributed by atoms with van der Waals surface area (Å²) in [4.78, 5) is 25.3. The zero-order chi connectivity index (χ0) is 30.4. The Bertz CT molecular complexity index is 1660. The minimum Gasteiger partial charge on any atom is -0.379 e. The summed E-state index contributed by atoms with van der Waals surface area (Å²) in [6.45, 7) is 8.46. The third kappa shape index (κ3) is 7.60. The Morgan fingerprint density at radius 3 is 2.44 bits per heavy atom. The predicted molar refractivity (Wildman–Crippen MR) is 181 cm³/mol. The van der Waals surface area contributed by atoms with Crippen molar-refractivity contribution < 1.29 is 14.2 Å². The van der Waals surface area contributed by atoms with Crippen molar-refractivity contribution in [1.82, 2.24) is 9.88 Å². The average molecular weight is 643 g/mol. The lowest BCUT2D eigenvalue weighted by molar-refractivity contribution is 0.0283. The number of rotatable bonds is 10. The van der Waals surface area contributed by atoms with E-state index in [1.165, 1.54) is 25.1 Å². The number of hydrogen-bond donors (Lipinski definition) is 2. The molecule has 2 saturated heterocycles. The summed E-state index contributed by atoms with van der Waals surface area (Å²) < 4.78 is 17.3. The first kappa shape index (κ1) is 30.4. The number of ether oxygens (including phenoxy) is 3. The van der Waals surface area contributed by atoms with Crippen molar-refractivity contribution in [3.05, 3.63) is 94.8 Å². The molecule has 8 nitrogen and oxygen atoms in total. The van der Waals surface area contributed by atoms with Crippen molar-refractivity contribution in [2.45, 2.75) is 32.2 Å². The van der Waals surface area contributed by atoms with Crippen molar-refractivity contribution in [1.29, 1.82) is 0 Å². The molecular formula is C35H38N4O4S2. The van der Waals surface area contributed by atoms with Gasteiger partial charge < -0.3 is 29.4 Å². The van der Waals surface area contributed by atoms with Crippen molar-refractivity contribution in [2.24, 2.45) is 0 Å². The van der Waals surface area contributed by atoms with E-state index >= 15 is 0 Å². The zero-order valence-electron chi connectivity index (χ0n) is 25.2. The normalized spacial score (nSPS) is 17.4. The van der Waals surface area contributed by atoms with Crippen LogP contribution in [-0.4, -0.2) is 81.7 Å². The number of hydrogen-bond acceptors (Lipinski definition) is 9. The molecule has 0 aliphatic carbocycles. The highest BCUT2D eigenvalue weighted by Crippen LogP contribution is 2.52. The van der Waals surface area contributed by atoms with Crippen LogP contribution in [0.25, 0.3) is 11.3 Å². The van der Waals surface area contributed by atoms with Gasteiger partial charge in [0.1, 0.15) is 0 Å². The van der Waals surface area contributed by atoms with Gasteiger partial charge in [0.15, 0.2) is 0 Å². The van der Waals surface area contributed by atoms with Crippen LogP contribution in [0.15, 0.2) is 103 Å². The molecule has 1 aromatic heterocycles. The Labute approximate surface area is 272 Å². The van der Waals surface area contributed by atoms with Gasteiger partial charge in [-0.25, -0.2) is 0 Å². The van der Waals surface area contributed by atoms with Gasteiger partial charge in [-0.1, -0.05) is 66.0 Å². The molecule has 4 heterocycles. The fourth-order valence-corrected chi connectivity index (χ4v) is 8.36. The lowest BCUT2D eigenvalue weighted by Gasteiger charge is -2.31. The minimum atomic E-state index is -0.0874. The van der Waals surface area contributed by atoms with E-state index in [9.17, 15) is 4.79 Å². The van der Waals surface area contributed by atoms with Crippen LogP contribution in [0.1, 0.15) is 5.56 Å². The Hall–Kier alpha value is -3.25. The van der Waals surface area contributed by atoms with Crippen LogP contribution in [0.4, 0.5) is 11.4 Å². The summed E-state index contributed by atoms with van der Waals surface area (Å²) in [7, 11) is 0. The summed E-state index contributed by atoms with van der Waals surface area (Å²) in [5.41, 5.74) is 5.02. The maximum absolute atomic E-state index is 12.7. The number of fused-ring (bicyclic) bond motifs is 2. The van der Waals surface area contributed by atoms with Gasteiger partial charge in [-0.3, -0.25) is 9.69 Å². The molecule has 0 spiro atoms. The molecule has 234 valence electrons. The van der Waals surface area contributed by atoms with Crippen LogP contribution >= 0.6 is 23.5 Å². The summed E-state index contributed by atoms with van der Waals surface area (Å²) in [5, 5.41) is 3.78. The molecule has 3 aliphatic rings. The molecule has 2 N–H and O–H groups in total. The second-order valence-electron chi connectivity index (χ2n) is 11.5. The van der Waals surface area contributed by atoms with Crippen LogP contribution in [0.5, 0.6) is 0 Å². The van der Waals surface area contributed by atoms with Gasteiger partial charge >= 0.3 is 0 Å². The number of morpholine rings is 2. The van der Waals surface area contributed by atoms with E-state index < -0.39 is 0 Å². The van der Waals surface area contributed by atoms with Gasteiger partial charge in [-0.15, -0.1) is 0 Å². The van der Waals surface area contributed by atoms with E-state index in [1.807, 2.05) is 18.2 Å². The Morgan fingerprint density at radius 2 is 1.62 bits per heavy atom. The van der Waals surface area contributed by atoms with Crippen LogP contribution in [0.2, 0.25) is 0 Å². The SMILES string of the molecule is O=c1cc(N2CCOCC2)cc(-c2cccc3c2Sc2ccc(NC(COCc4ccccc4)CN4CCOCC4)cc2S3)[nH]1. The zero-order valence-corrected chi connectivity index (χ0v) is 26.8. The van der Waals surface area contributed by atoms with Gasteiger partial charge in [0.2, 0.25) is 5.56 Å². The largest absolute Gasteiger partial charge is 0.379 e. The molecule has 1 atom stereocenters. The summed E-state index contributed by atoms with van der Waals surface area (Å²) in [6, 6.07) is 27.3. The molecule has 45 heavy (non-hydrogen) atoms. The predicted octanol–water partition coefficient (Wildman–Crippen LogP) is 5.82. The van der Waals surface area contributed by atoms with Crippen molar-refractivity contribution in [3.8, 4) is 11.3 Å². The van der Waals surface area contributed by atoms with Gasteiger partial charge in [-0.2, -0.15) is 0 Å². The molecule has 0 radical (unpaired) electrons. The molecular weight excluding hydrogens is 605 g/mol. The van der Waals surface area contributed by atoms with Crippen LogP contribution < -0.4 is 15.8 Å². The molecule has 0 saturated carbocycles. The molecule has 3 aliphatic heterocycles. The van der Waals surface area contributed by atoms with E-state index in [2.05, 4.69) is 74.7 Å². The van der Waals surface area contributed by atoms with E-state index in [0.29, 0.717) is 26.4 Å². The van der Waals surface area contributed by atoms with Crippen LogP contribution in [-0.2, 0) is 20.8 Å². The third-order valence-corrected chi connectivity index (χ3v) is 10.8. The van der Waals surface area contributed by atoms with E-state index in [-0.39, 0.29) is 11.6 Å². The number of pyridine rings is 1. The number of aromatic nitrogens is 1. The highest BCUT2D eigenvalue weighted by atomic mass is 32.2. The topological polar surface area (TPSA) is 79.1 Å². The first-order valence-electron chi connectivity index (χ1n) is 15.6. The number of anilines is 2. The molecule has 0 bridgehead atoms. The quantitative estimate of drug-likeness (QED) is 0.196. The summed E-state index contributed by atoms with van der Waals surface area (Å²) in [6.07, 6.45) is 0. The fourth-order valence-electron chi connectivity index (χ4n) is 5.95. The monoisotopic (exact) mass is 642 g/mol. The Morgan fingerprint density at radius 1 is 0.822 bits per heavy atom. The molecule has 4 aromatic rings. The first-order valence-corrected chi connectivity index (χ1v) is 17.2. The second kappa shape index (κ2) is 14.5. The number of nitrogens with one attached hydrogen (secondary N) is 2. The molecule has 0 amide bonds. The van der Waals surface area contributed by atoms with E-state index in [4.69, 9.17) is 14.2 Å². The fraction of sp³-hybridized carbons (Fsp3) is 0.343. The van der Waals surface area contributed by atoms with Gasteiger partial charge in [-0.05, 0) is 35.9 Å². The maximum atomic E-state index is 12.7. The van der Waals surface area contributed by atoms with Crippen molar-refractivity contribution >= 4 is 34.9 Å². The van der Waals surface area contributed by atoms with E-state index in [1.54, 1.807) is 29.6 Å². The molecule has 7 rings (SSSR count). The third-order valence-electron chi connectivity index (χ3n) is 8.23. The molecule has 1 unspecified atom stereocenters. The maximum Gasteiger partial charge on any atom is 0.250 e. The molecule has 3 aromatic carbocycles. The highest BCUT2D eigenvalue weighted by Gasteiger charge is 2.23. The van der Waals surface area contributed by atoms with Crippen LogP contribution in [0.3, 0.4) is 0 Å². The van der Waals surface area contributed by atoms with Gasteiger partial charge in [0.05, 0.1) is 51.4 Å². The van der Waals surface area contributed by atoms with Crippen molar-refractivity contribution in [3.63, 3.8) is 0 Å². The number of aromatic amines is 1.